The Morgan fingerprint density at radius 1 is 1.06 bits per heavy atom. The number of nitrogens with one attached hydrogen (secondary N) is 3. The van der Waals surface area contributed by atoms with Crippen LogP contribution >= 0.6 is 23.2 Å². The Morgan fingerprint density at radius 3 is 2.47 bits per heavy atom. The Balaban J connectivity index is 1.63. The highest BCUT2D eigenvalue weighted by Gasteiger charge is 2.27. The fraction of sp³-hybridized carbons (Fsp3) is 0.269. The zero-order valence-electron chi connectivity index (χ0n) is 20.1. The molecule has 3 N–H and O–H groups in total. The molecule has 2 heterocycles. The molecule has 1 saturated carbocycles. The summed E-state index contributed by atoms with van der Waals surface area (Å²) >= 11 is 13.1. The number of aromatic nitrogens is 3. The minimum absolute atomic E-state index is 0.206. The Labute approximate surface area is 220 Å². The molecule has 1 aromatic carbocycles. The van der Waals surface area contributed by atoms with E-state index >= 15 is 0 Å². The second-order valence-corrected chi connectivity index (χ2v) is 9.01. The quantitative estimate of drug-likeness (QED) is 0.267. The number of benzene rings is 1. The van der Waals surface area contributed by atoms with Crippen molar-refractivity contribution in [2.45, 2.75) is 31.3 Å². The standard InChI is InChI=1S/C26H28Cl2N6O2/c1-5-15(2)32-17-9-6-10-18(17)33-22-12-19(30-14-31-22)16-8-7-11-29-26(16)34-25-23(27)20(35-3)13-21(36-4)24(25)28/h5,7-8,11-14,17-18,32H,1-2,6,9-10H2,3-4H3,(H,29,34)(H,30,31,33)/t17-,18+/m0/s1. The first kappa shape index (κ1) is 25.6. The van der Waals surface area contributed by atoms with Crippen LogP contribution in [0.25, 0.3) is 11.3 Å². The molecule has 0 radical (unpaired) electrons. The lowest BCUT2D eigenvalue weighted by Gasteiger charge is -2.24. The van der Waals surface area contributed by atoms with Gasteiger partial charge in [-0.2, -0.15) is 0 Å². The molecule has 0 bridgehead atoms. The van der Waals surface area contributed by atoms with Crippen LogP contribution in [0.5, 0.6) is 11.5 Å². The van der Waals surface area contributed by atoms with Crippen molar-refractivity contribution in [2.24, 2.45) is 0 Å². The summed E-state index contributed by atoms with van der Waals surface area (Å²) in [5.74, 6) is 2.08. The molecule has 4 rings (SSSR count). The summed E-state index contributed by atoms with van der Waals surface area (Å²) in [6, 6.07) is 7.73. The molecule has 0 aliphatic heterocycles. The van der Waals surface area contributed by atoms with Crippen LogP contribution in [-0.4, -0.2) is 41.3 Å². The van der Waals surface area contributed by atoms with Gasteiger partial charge in [-0.05, 0) is 37.5 Å². The highest BCUT2D eigenvalue weighted by Crippen LogP contribution is 2.45. The van der Waals surface area contributed by atoms with Crippen LogP contribution in [0.1, 0.15) is 19.3 Å². The van der Waals surface area contributed by atoms with Crippen molar-refractivity contribution in [3.63, 3.8) is 0 Å². The number of pyridine rings is 1. The highest BCUT2D eigenvalue weighted by atomic mass is 35.5. The summed E-state index contributed by atoms with van der Waals surface area (Å²) in [7, 11) is 3.05. The zero-order chi connectivity index (χ0) is 25.7. The van der Waals surface area contributed by atoms with Gasteiger partial charge in [0.05, 0.1) is 25.6 Å². The molecule has 1 aliphatic carbocycles. The number of anilines is 3. The molecule has 188 valence electrons. The van der Waals surface area contributed by atoms with Gasteiger partial charge in [0.25, 0.3) is 0 Å². The lowest BCUT2D eigenvalue weighted by atomic mass is 10.1. The van der Waals surface area contributed by atoms with Gasteiger partial charge in [-0.3, -0.25) is 0 Å². The summed E-state index contributed by atoms with van der Waals surface area (Å²) in [5.41, 5.74) is 2.67. The van der Waals surface area contributed by atoms with Crippen LogP contribution in [0, 0.1) is 0 Å². The van der Waals surface area contributed by atoms with Gasteiger partial charge in [0.2, 0.25) is 0 Å². The number of ether oxygens (including phenoxy) is 2. The van der Waals surface area contributed by atoms with Crippen molar-refractivity contribution in [2.75, 3.05) is 24.9 Å². The maximum atomic E-state index is 6.56. The first-order valence-corrected chi connectivity index (χ1v) is 12.2. The molecule has 10 heteroatoms. The largest absolute Gasteiger partial charge is 0.495 e. The molecule has 1 aliphatic rings. The summed E-state index contributed by atoms with van der Waals surface area (Å²) < 4.78 is 10.8. The average molecular weight is 527 g/mol. The van der Waals surface area contributed by atoms with Crippen molar-refractivity contribution in [3.05, 3.63) is 71.8 Å². The van der Waals surface area contributed by atoms with E-state index in [1.54, 1.807) is 18.3 Å². The molecule has 0 spiro atoms. The third-order valence-electron chi connectivity index (χ3n) is 6.03. The topological polar surface area (TPSA) is 93.2 Å². The lowest BCUT2D eigenvalue weighted by Crippen LogP contribution is -2.39. The minimum Gasteiger partial charge on any atom is -0.495 e. The van der Waals surface area contributed by atoms with Gasteiger partial charge in [0.15, 0.2) is 0 Å². The van der Waals surface area contributed by atoms with Crippen molar-refractivity contribution in [3.8, 4) is 22.8 Å². The third-order valence-corrected chi connectivity index (χ3v) is 6.78. The number of rotatable bonds is 10. The Bertz CT molecular complexity index is 1240. The van der Waals surface area contributed by atoms with Gasteiger partial charge in [0, 0.05) is 41.7 Å². The molecule has 1 fully saturated rings. The predicted octanol–water partition coefficient (Wildman–Crippen LogP) is 6.23. The van der Waals surface area contributed by atoms with E-state index in [4.69, 9.17) is 32.7 Å². The summed E-state index contributed by atoms with van der Waals surface area (Å²) in [4.78, 5) is 13.4. The molecular weight excluding hydrogens is 499 g/mol. The minimum atomic E-state index is 0.206. The lowest BCUT2D eigenvalue weighted by molar-refractivity contribution is 0.395. The maximum Gasteiger partial charge on any atom is 0.143 e. The van der Waals surface area contributed by atoms with Crippen LogP contribution in [0.4, 0.5) is 17.3 Å². The van der Waals surface area contributed by atoms with E-state index < -0.39 is 0 Å². The molecule has 0 saturated heterocycles. The zero-order valence-corrected chi connectivity index (χ0v) is 21.7. The summed E-state index contributed by atoms with van der Waals surface area (Å²) in [6.07, 6.45) is 8.11. The van der Waals surface area contributed by atoms with E-state index in [1.807, 2.05) is 18.2 Å². The van der Waals surface area contributed by atoms with Gasteiger partial charge in [-0.1, -0.05) is 36.4 Å². The van der Waals surface area contributed by atoms with E-state index in [2.05, 4.69) is 44.1 Å². The normalized spacial score (nSPS) is 16.8. The van der Waals surface area contributed by atoms with Crippen molar-refractivity contribution < 1.29 is 9.47 Å². The van der Waals surface area contributed by atoms with Crippen molar-refractivity contribution in [1.29, 1.82) is 0 Å². The van der Waals surface area contributed by atoms with Crippen LogP contribution in [-0.2, 0) is 0 Å². The van der Waals surface area contributed by atoms with E-state index in [-0.39, 0.29) is 12.1 Å². The van der Waals surface area contributed by atoms with E-state index in [9.17, 15) is 0 Å². The average Bonchev–Trinajstić information content (AvgIpc) is 3.33. The first-order valence-electron chi connectivity index (χ1n) is 11.4. The van der Waals surface area contributed by atoms with E-state index in [1.165, 1.54) is 20.5 Å². The molecule has 8 nitrogen and oxygen atoms in total. The maximum absolute atomic E-state index is 6.56. The van der Waals surface area contributed by atoms with Crippen LogP contribution < -0.4 is 25.4 Å². The second kappa shape index (κ2) is 11.5. The smallest absolute Gasteiger partial charge is 0.143 e. The Morgan fingerprint density at radius 2 is 1.78 bits per heavy atom. The molecule has 0 amide bonds. The van der Waals surface area contributed by atoms with Gasteiger partial charge in [0.1, 0.15) is 39.5 Å². The number of nitrogens with zero attached hydrogens (tertiary/aromatic N) is 3. The number of halogens is 2. The number of hydrogen-bond acceptors (Lipinski definition) is 8. The van der Waals surface area contributed by atoms with E-state index in [0.717, 1.165) is 36.3 Å². The molecule has 2 aromatic heterocycles. The number of hydrogen-bond donors (Lipinski definition) is 3. The van der Waals surface area contributed by atoms with Crippen molar-refractivity contribution in [1.82, 2.24) is 20.3 Å². The van der Waals surface area contributed by atoms with Crippen LogP contribution in [0.2, 0.25) is 10.0 Å². The predicted molar refractivity (Wildman–Crippen MR) is 146 cm³/mol. The second-order valence-electron chi connectivity index (χ2n) is 8.26. The van der Waals surface area contributed by atoms with Gasteiger partial charge in [-0.15, -0.1) is 0 Å². The van der Waals surface area contributed by atoms with Crippen LogP contribution in [0.3, 0.4) is 0 Å². The molecule has 3 aromatic rings. The third kappa shape index (κ3) is 5.50. The first-order chi connectivity index (χ1) is 17.4. The fourth-order valence-electron chi connectivity index (χ4n) is 4.20. The molecule has 0 unspecified atom stereocenters. The Kier molecular flexibility index (Phi) is 8.18. The highest BCUT2D eigenvalue weighted by molar-refractivity contribution is 6.41. The van der Waals surface area contributed by atoms with E-state index in [0.29, 0.717) is 38.7 Å². The monoisotopic (exact) mass is 526 g/mol. The summed E-state index contributed by atoms with van der Waals surface area (Å²) in [5, 5.41) is 10.8. The fourth-order valence-corrected chi connectivity index (χ4v) is 4.80. The Hall–Kier alpha value is -3.49. The van der Waals surface area contributed by atoms with Gasteiger partial charge < -0.3 is 25.4 Å². The van der Waals surface area contributed by atoms with Crippen LogP contribution in [0.15, 0.2) is 61.7 Å². The molecule has 2 atom stereocenters. The van der Waals surface area contributed by atoms with Gasteiger partial charge in [-0.25, -0.2) is 15.0 Å². The number of methoxy groups -OCH3 is 2. The SMILES string of the molecule is C=CC(=C)N[C@H]1CCC[C@H]1Nc1cc(-c2cccnc2Nc2c(Cl)c(OC)cc(OC)c2Cl)ncn1. The number of allylic oxidation sites excluding steroid dienone is 1. The van der Waals surface area contributed by atoms with Gasteiger partial charge >= 0.3 is 0 Å². The van der Waals surface area contributed by atoms with Crippen molar-refractivity contribution >= 4 is 40.5 Å². The molecular formula is C26H28Cl2N6O2. The summed E-state index contributed by atoms with van der Waals surface area (Å²) in [6.45, 7) is 7.76. The molecule has 36 heavy (non-hydrogen) atoms.